The van der Waals surface area contributed by atoms with Crippen molar-refractivity contribution in [1.29, 1.82) is 0 Å². The van der Waals surface area contributed by atoms with E-state index in [0.717, 1.165) is 0 Å². The lowest BCUT2D eigenvalue weighted by Crippen LogP contribution is -2.17. The molecule has 0 aliphatic heterocycles. The average Bonchev–Trinajstić information content (AvgIpc) is 2.33. The molecule has 0 spiro atoms. The van der Waals surface area contributed by atoms with Crippen LogP contribution in [0, 0.1) is 0 Å². The Morgan fingerprint density at radius 1 is 1.00 bits per heavy atom. The van der Waals surface area contributed by atoms with E-state index < -0.39 is 6.36 Å². The zero-order valence-corrected chi connectivity index (χ0v) is 11.1. The first-order valence-electron chi connectivity index (χ1n) is 5.86. The van der Waals surface area contributed by atoms with Gasteiger partial charge in [-0.2, -0.15) is 0 Å². The number of hydrogen-bond acceptors (Lipinski definition) is 1. The van der Waals surface area contributed by atoms with Crippen molar-refractivity contribution in [2.75, 3.05) is 0 Å². The number of benzene rings is 1. The topological polar surface area (TPSA) is 9.23 Å². The van der Waals surface area contributed by atoms with Crippen molar-refractivity contribution >= 4 is 0 Å². The summed E-state index contributed by atoms with van der Waals surface area (Å²) in [6, 6.07) is 6.12. The quantitative estimate of drug-likeness (QED) is 0.701. The van der Waals surface area contributed by atoms with Gasteiger partial charge in [0.15, 0.2) is 0 Å². The van der Waals surface area contributed by atoms with E-state index in [-0.39, 0.29) is 5.75 Å². The maximum absolute atomic E-state index is 11.8. The summed E-state index contributed by atoms with van der Waals surface area (Å²) in [5.41, 5.74) is 0.555. The van der Waals surface area contributed by atoms with Crippen molar-refractivity contribution in [3.8, 4) is 5.75 Å². The first-order chi connectivity index (χ1) is 8.03. The van der Waals surface area contributed by atoms with Crippen LogP contribution in [0.3, 0.4) is 0 Å². The van der Waals surface area contributed by atoms with E-state index in [0.29, 0.717) is 12.0 Å². The van der Waals surface area contributed by atoms with Crippen LogP contribution >= 0.6 is 0 Å². The second kappa shape index (κ2) is 10.00. The summed E-state index contributed by atoms with van der Waals surface area (Å²) >= 11 is 0. The largest absolute Gasteiger partial charge is 0.573 e. The van der Waals surface area contributed by atoms with Gasteiger partial charge >= 0.3 is 6.36 Å². The molecule has 4 heteroatoms. The van der Waals surface area contributed by atoms with E-state index in [1.165, 1.54) is 12.1 Å². The van der Waals surface area contributed by atoms with Crippen LogP contribution in [0.4, 0.5) is 13.2 Å². The van der Waals surface area contributed by atoms with Crippen LogP contribution in [0.5, 0.6) is 5.75 Å². The molecule has 0 saturated heterocycles. The first kappa shape index (κ1) is 18.2. The van der Waals surface area contributed by atoms with Crippen molar-refractivity contribution in [3.63, 3.8) is 0 Å². The fourth-order valence-electron chi connectivity index (χ4n) is 1.02. The lowest BCUT2D eigenvalue weighted by Gasteiger charge is -2.11. The summed E-state index contributed by atoms with van der Waals surface area (Å²) in [4.78, 5) is 0. The molecule has 0 aliphatic rings. The van der Waals surface area contributed by atoms with Gasteiger partial charge in [0.05, 0.1) is 0 Å². The minimum absolute atomic E-state index is 0.113. The highest BCUT2D eigenvalue weighted by Gasteiger charge is 2.31. The van der Waals surface area contributed by atoms with Gasteiger partial charge in [-0.15, -0.1) is 13.2 Å². The van der Waals surface area contributed by atoms with Crippen LogP contribution in [0.15, 0.2) is 24.3 Å². The fourth-order valence-corrected chi connectivity index (χ4v) is 1.02. The third-order valence-electron chi connectivity index (χ3n) is 1.58. The Morgan fingerprint density at radius 2 is 1.47 bits per heavy atom. The zero-order valence-electron chi connectivity index (χ0n) is 11.1. The average molecular weight is 250 g/mol. The molecule has 0 saturated carbocycles. The maximum Gasteiger partial charge on any atom is 0.573 e. The summed E-state index contributed by atoms with van der Waals surface area (Å²) in [6.45, 7) is 9.78. The lowest BCUT2D eigenvalue weighted by molar-refractivity contribution is -0.274. The van der Waals surface area contributed by atoms with Gasteiger partial charge < -0.3 is 4.74 Å². The second-order valence-corrected chi connectivity index (χ2v) is 2.51. The number of para-hydroxylation sites is 1. The molecule has 0 unspecified atom stereocenters. The Hall–Kier alpha value is -1.19. The van der Waals surface area contributed by atoms with Gasteiger partial charge in [-0.05, 0) is 18.1 Å². The lowest BCUT2D eigenvalue weighted by atomic mass is 10.1. The molecule has 0 aliphatic carbocycles. The summed E-state index contributed by atoms with van der Waals surface area (Å²) in [5.74, 6) is -0.113. The molecule has 1 nitrogen and oxygen atoms in total. The Bertz CT molecular complexity index is 282. The molecule has 0 radical (unpaired) electrons. The molecular weight excluding hydrogens is 229 g/mol. The first-order valence-corrected chi connectivity index (χ1v) is 5.86. The molecule has 0 N–H and O–H groups in total. The van der Waals surface area contributed by atoms with Gasteiger partial charge in [0.25, 0.3) is 0 Å². The van der Waals surface area contributed by atoms with Crippen molar-refractivity contribution < 1.29 is 17.9 Å². The van der Waals surface area contributed by atoms with E-state index in [2.05, 4.69) is 4.74 Å². The van der Waals surface area contributed by atoms with E-state index in [4.69, 9.17) is 0 Å². The minimum Gasteiger partial charge on any atom is -0.406 e. The molecule has 0 heterocycles. The highest BCUT2D eigenvalue weighted by molar-refractivity contribution is 5.33. The summed E-state index contributed by atoms with van der Waals surface area (Å²) in [7, 11) is 0. The molecule has 1 aromatic rings. The minimum atomic E-state index is -4.61. The summed E-state index contributed by atoms with van der Waals surface area (Å²) < 4.78 is 39.3. The predicted octanol–water partition coefficient (Wildman–Crippen LogP) is 5.20. The fraction of sp³-hybridized carbons (Fsp3) is 0.538. The Balaban J connectivity index is 0. The van der Waals surface area contributed by atoms with Crippen LogP contribution < -0.4 is 4.74 Å². The van der Waals surface area contributed by atoms with Gasteiger partial charge in [0.1, 0.15) is 5.75 Å². The number of halogens is 3. The maximum atomic E-state index is 11.8. The Labute approximate surface area is 102 Å². The summed E-state index contributed by atoms with van der Waals surface area (Å²) in [5, 5.41) is 0. The number of aryl methyl sites for hydroxylation is 1. The number of hydrogen-bond donors (Lipinski definition) is 0. The van der Waals surface area contributed by atoms with Gasteiger partial charge in [-0.1, -0.05) is 52.8 Å². The molecule has 1 aromatic carbocycles. The van der Waals surface area contributed by atoms with Gasteiger partial charge in [-0.25, -0.2) is 0 Å². The van der Waals surface area contributed by atoms with Crippen LogP contribution in [0.25, 0.3) is 0 Å². The molecular formula is C13H21F3O. The van der Waals surface area contributed by atoms with Crippen molar-refractivity contribution in [3.05, 3.63) is 29.8 Å². The van der Waals surface area contributed by atoms with E-state index >= 15 is 0 Å². The monoisotopic (exact) mass is 250 g/mol. The van der Waals surface area contributed by atoms with Crippen molar-refractivity contribution in [2.45, 2.75) is 47.4 Å². The molecule has 0 fully saturated rings. The van der Waals surface area contributed by atoms with Crippen molar-refractivity contribution in [2.24, 2.45) is 0 Å². The Morgan fingerprint density at radius 3 is 1.88 bits per heavy atom. The van der Waals surface area contributed by atoms with Crippen LogP contribution in [0.1, 0.15) is 40.2 Å². The third-order valence-corrected chi connectivity index (χ3v) is 1.58. The zero-order chi connectivity index (χ0) is 13.9. The molecule has 100 valence electrons. The second-order valence-electron chi connectivity index (χ2n) is 2.51. The standard InChI is InChI=1S/C9H9F3O.2C2H6/c1-2-7-5-3-4-6-8(7)13-9(10,11)12;2*1-2/h3-6H,2H2,1H3;2*1-2H3. The number of alkyl halides is 3. The smallest absolute Gasteiger partial charge is 0.406 e. The van der Waals surface area contributed by atoms with Crippen molar-refractivity contribution in [1.82, 2.24) is 0 Å². The molecule has 1 rings (SSSR count). The van der Waals surface area contributed by atoms with E-state index in [1.54, 1.807) is 19.1 Å². The van der Waals surface area contributed by atoms with Crippen LogP contribution in [0.2, 0.25) is 0 Å². The van der Waals surface area contributed by atoms with Gasteiger partial charge in [0.2, 0.25) is 0 Å². The van der Waals surface area contributed by atoms with Crippen LogP contribution in [-0.4, -0.2) is 6.36 Å². The molecule has 17 heavy (non-hydrogen) atoms. The highest BCUT2D eigenvalue weighted by Crippen LogP contribution is 2.26. The van der Waals surface area contributed by atoms with Crippen LogP contribution in [-0.2, 0) is 6.42 Å². The Kier molecular flexibility index (Phi) is 10.7. The van der Waals surface area contributed by atoms with E-state index in [9.17, 15) is 13.2 Å². The number of rotatable bonds is 2. The number of ether oxygens (including phenoxy) is 1. The van der Waals surface area contributed by atoms with E-state index in [1.807, 2.05) is 27.7 Å². The third kappa shape index (κ3) is 8.60. The van der Waals surface area contributed by atoms with Gasteiger partial charge in [-0.3, -0.25) is 0 Å². The van der Waals surface area contributed by atoms with Gasteiger partial charge in [0, 0.05) is 0 Å². The highest BCUT2D eigenvalue weighted by atomic mass is 19.4. The summed E-state index contributed by atoms with van der Waals surface area (Å²) in [6.07, 6.45) is -4.09. The molecule has 0 amide bonds. The normalized spacial score (nSPS) is 9.41. The molecule has 0 aromatic heterocycles. The molecule has 0 bridgehead atoms. The predicted molar refractivity (Wildman–Crippen MR) is 65.2 cm³/mol. The SMILES string of the molecule is CC.CC.CCc1ccccc1OC(F)(F)F. The molecule has 0 atom stereocenters.